The highest BCUT2D eigenvalue weighted by atomic mass is 35.5. The normalized spacial score (nSPS) is 10.5. The summed E-state index contributed by atoms with van der Waals surface area (Å²) in [6, 6.07) is 7.70. The zero-order valence-electron chi connectivity index (χ0n) is 11.4. The fourth-order valence-corrected chi connectivity index (χ4v) is 2.75. The zero-order chi connectivity index (χ0) is 14.4. The van der Waals surface area contributed by atoms with Crippen LogP contribution in [0.3, 0.4) is 0 Å². The molecule has 2 aromatic rings. The third-order valence-electron chi connectivity index (χ3n) is 2.90. The minimum Gasteiger partial charge on any atom is -0.356 e. The monoisotopic (exact) mass is 308 g/mol. The number of hydrogen-bond donors (Lipinski definition) is 1. The van der Waals surface area contributed by atoms with Gasteiger partial charge in [-0.05, 0) is 37.5 Å². The van der Waals surface area contributed by atoms with Crippen molar-refractivity contribution in [2.45, 2.75) is 26.2 Å². The standard InChI is InChI=1S/C15H17ClN2OS/c1-11-18-14(10-20-11)5-6-15(19)17-8-7-12-3-2-4-13(16)9-12/h2-4,9-10H,5-8H2,1H3,(H,17,19). The average Bonchev–Trinajstić information content (AvgIpc) is 2.82. The highest BCUT2D eigenvalue weighted by molar-refractivity contribution is 7.09. The third-order valence-corrected chi connectivity index (χ3v) is 3.96. The second-order valence-corrected chi connectivity index (χ2v) is 6.09. The second kappa shape index (κ2) is 7.41. The maximum Gasteiger partial charge on any atom is 0.220 e. The van der Waals surface area contributed by atoms with E-state index in [0.717, 1.165) is 27.7 Å². The van der Waals surface area contributed by atoms with Crippen molar-refractivity contribution in [1.29, 1.82) is 0 Å². The molecule has 0 aliphatic rings. The molecular weight excluding hydrogens is 292 g/mol. The Bertz CT molecular complexity index is 583. The van der Waals surface area contributed by atoms with Crippen molar-refractivity contribution in [3.63, 3.8) is 0 Å². The van der Waals surface area contributed by atoms with Gasteiger partial charge in [0.1, 0.15) is 0 Å². The van der Waals surface area contributed by atoms with Gasteiger partial charge in [-0.15, -0.1) is 11.3 Å². The molecule has 0 fully saturated rings. The van der Waals surface area contributed by atoms with Gasteiger partial charge in [0.15, 0.2) is 0 Å². The first kappa shape index (κ1) is 15.0. The van der Waals surface area contributed by atoms with E-state index in [4.69, 9.17) is 11.6 Å². The SMILES string of the molecule is Cc1nc(CCC(=O)NCCc2cccc(Cl)c2)cs1. The minimum absolute atomic E-state index is 0.0673. The largest absolute Gasteiger partial charge is 0.356 e. The van der Waals surface area contributed by atoms with Crippen LogP contribution in [-0.2, 0) is 17.6 Å². The molecule has 0 atom stereocenters. The number of nitrogens with zero attached hydrogens (tertiary/aromatic N) is 1. The van der Waals surface area contributed by atoms with Crippen LogP contribution in [0.25, 0.3) is 0 Å². The Morgan fingerprint density at radius 3 is 2.95 bits per heavy atom. The third kappa shape index (κ3) is 4.94. The maximum atomic E-state index is 11.7. The lowest BCUT2D eigenvalue weighted by molar-refractivity contribution is -0.121. The van der Waals surface area contributed by atoms with Crippen molar-refractivity contribution in [3.8, 4) is 0 Å². The number of hydrogen-bond acceptors (Lipinski definition) is 3. The van der Waals surface area contributed by atoms with E-state index in [-0.39, 0.29) is 5.91 Å². The van der Waals surface area contributed by atoms with E-state index < -0.39 is 0 Å². The van der Waals surface area contributed by atoms with E-state index in [0.29, 0.717) is 19.4 Å². The molecular formula is C15H17ClN2OS. The van der Waals surface area contributed by atoms with Gasteiger partial charge in [-0.25, -0.2) is 4.98 Å². The van der Waals surface area contributed by atoms with Crippen LogP contribution in [0.2, 0.25) is 5.02 Å². The molecule has 3 nitrogen and oxygen atoms in total. The van der Waals surface area contributed by atoms with Crippen LogP contribution >= 0.6 is 22.9 Å². The van der Waals surface area contributed by atoms with Crippen LogP contribution in [0.5, 0.6) is 0 Å². The Kier molecular flexibility index (Phi) is 5.56. The van der Waals surface area contributed by atoms with E-state index in [1.807, 2.05) is 36.6 Å². The smallest absolute Gasteiger partial charge is 0.220 e. The number of nitrogens with one attached hydrogen (secondary N) is 1. The molecule has 1 amide bonds. The van der Waals surface area contributed by atoms with E-state index in [2.05, 4.69) is 10.3 Å². The molecule has 5 heteroatoms. The van der Waals surface area contributed by atoms with Crippen LogP contribution in [0, 0.1) is 6.92 Å². The van der Waals surface area contributed by atoms with Gasteiger partial charge in [-0.1, -0.05) is 23.7 Å². The van der Waals surface area contributed by atoms with Crippen molar-refractivity contribution in [3.05, 3.63) is 50.9 Å². The van der Waals surface area contributed by atoms with Gasteiger partial charge in [0, 0.05) is 23.4 Å². The van der Waals surface area contributed by atoms with Crippen molar-refractivity contribution < 1.29 is 4.79 Å². The van der Waals surface area contributed by atoms with Gasteiger partial charge in [0.25, 0.3) is 0 Å². The molecule has 106 valence electrons. The molecule has 2 rings (SSSR count). The summed E-state index contributed by atoms with van der Waals surface area (Å²) >= 11 is 7.53. The molecule has 0 spiro atoms. The fraction of sp³-hybridized carbons (Fsp3) is 0.333. The Labute approximate surface area is 128 Å². The minimum atomic E-state index is 0.0673. The zero-order valence-corrected chi connectivity index (χ0v) is 12.9. The summed E-state index contributed by atoms with van der Waals surface area (Å²) in [5, 5.41) is 6.70. The summed E-state index contributed by atoms with van der Waals surface area (Å²) in [6.45, 7) is 2.61. The molecule has 0 saturated carbocycles. The number of amides is 1. The van der Waals surface area contributed by atoms with E-state index >= 15 is 0 Å². The van der Waals surface area contributed by atoms with Crippen molar-refractivity contribution in [2.75, 3.05) is 6.54 Å². The molecule has 0 aliphatic carbocycles. The summed E-state index contributed by atoms with van der Waals surface area (Å²) in [5.74, 6) is 0.0673. The summed E-state index contributed by atoms with van der Waals surface area (Å²) in [7, 11) is 0. The number of benzene rings is 1. The Hall–Kier alpha value is -1.39. The van der Waals surface area contributed by atoms with Crippen molar-refractivity contribution in [1.82, 2.24) is 10.3 Å². The lowest BCUT2D eigenvalue weighted by Gasteiger charge is -2.05. The number of thiazole rings is 1. The summed E-state index contributed by atoms with van der Waals surface area (Å²) in [6.07, 6.45) is 1.98. The molecule has 1 heterocycles. The second-order valence-electron chi connectivity index (χ2n) is 4.59. The predicted molar refractivity (Wildman–Crippen MR) is 83.3 cm³/mol. The van der Waals surface area contributed by atoms with Crippen molar-refractivity contribution in [2.24, 2.45) is 0 Å². The van der Waals surface area contributed by atoms with Crippen LogP contribution < -0.4 is 5.32 Å². The molecule has 20 heavy (non-hydrogen) atoms. The Morgan fingerprint density at radius 1 is 1.40 bits per heavy atom. The molecule has 0 saturated heterocycles. The lowest BCUT2D eigenvalue weighted by atomic mass is 10.1. The average molecular weight is 309 g/mol. The van der Waals surface area contributed by atoms with Crippen LogP contribution in [-0.4, -0.2) is 17.4 Å². The number of aryl methyl sites for hydroxylation is 2. The first-order valence-corrected chi connectivity index (χ1v) is 7.81. The summed E-state index contributed by atoms with van der Waals surface area (Å²) < 4.78 is 0. The highest BCUT2D eigenvalue weighted by Crippen LogP contribution is 2.11. The predicted octanol–water partition coefficient (Wildman–Crippen LogP) is 3.40. The van der Waals surface area contributed by atoms with Gasteiger partial charge < -0.3 is 5.32 Å². The van der Waals surface area contributed by atoms with Gasteiger partial charge >= 0.3 is 0 Å². The van der Waals surface area contributed by atoms with Gasteiger partial charge in [0.05, 0.1) is 10.7 Å². The topological polar surface area (TPSA) is 42.0 Å². The molecule has 1 aromatic carbocycles. The highest BCUT2D eigenvalue weighted by Gasteiger charge is 2.04. The van der Waals surface area contributed by atoms with E-state index in [1.165, 1.54) is 0 Å². The van der Waals surface area contributed by atoms with E-state index in [1.54, 1.807) is 11.3 Å². The fourth-order valence-electron chi connectivity index (χ4n) is 1.89. The van der Waals surface area contributed by atoms with Crippen LogP contribution in [0.1, 0.15) is 22.7 Å². The van der Waals surface area contributed by atoms with Crippen molar-refractivity contribution >= 4 is 28.8 Å². The van der Waals surface area contributed by atoms with Gasteiger partial charge in [-0.2, -0.15) is 0 Å². The molecule has 0 unspecified atom stereocenters. The first-order chi connectivity index (χ1) is 9.63. The maximum absolute atomic E-state index is 11.7. The quantitative estimate of drug-likeness (QED) is 0.888. The first-order valence-electron chi connectivity index (χ1n) is 6.55. The number of carbonyl (C=O) groups excluding carboxylic acids is 1. The van der Waals surface area contributed by atoms with Crippen LogP contribution in [0.15, 0.2) is 29.6 Å². The number of rotatable bonds is 6. The molecule has 1 N–H and O–H groups in total. The molecule has 1 aromatic heterocycles. The Morgan fingerprint density at radius 2 is 2.25 bits per heavy atom. The Balaban J connectivity index is 1.67. The van der Waals surface area contributed by atoms with Crippen LogP contribution in [0.4, 0.5) is 0 Å². The molecule has 0 radical (unpaired) electrons. The van der Waals surface area contributed by atoms with Gasteiger partial charge in [-0.3, -0.25) is 4.79 Å². The van der Waals surface area contributed by atoms with Gasteiger partial charge in [0.2, 0.25) is 5.91 Å². The lowest BCUT2D eigenvalue weighted by Crippen LogP contribution is -2.25. The summed E-state index contributed by atoms with van der Waals surface area (Å²) in [5.41, 5.74) is 2.13. The van der Waals surface area contributed by atoms with E-state index in [9.17, 15) is 4.79 Å². The summed E-state index contributed by atoms with van der Waals surface area (Å²) in [4.78, 5) is 16.1. The number of halogens is 1. The number of carbonyl (C=O) groups is 1. The number of aromatic nitrogens is 1. The molecule has 0 aliphatic heterocycles. The molecule has 0 bridgehead atoms.